The van der Waals surface area contributed by atoms with Crippen molar-refractivity contribution in [3.63, 3.8) is 0 Å². The van der Waals surface area contributed by atoms with Crippen LogP contribution in [0.5, 0.6) is 0 Å². The standard InChI is InChI=1S/C26H37NO8S/c1-3-4-13-27-24-9-7-23(8-10-24)26(28)34-20-18-32-16-14-31-15-17-33-19-21-35-36(29,30)25-11-5-22(2)6-12-25/h5-12,27H,3-4,13-21H2,1-2H3. The first-order valence-electron chi connectivity index (χ1n) is 12.1. The normalized spacial score (nSPS) is 11.4. The second-order valence-corrected chi connectivity index (χ2v) is 9.54. The first-order chi connectivity index (χ1) is 17.4. The van der Waals surface area contributed by atoms with Crippen LogP contribution < -0.4 is 5.32 Å². The van der Waals surface area contributed by atoms with Gasteiger partial charge in [-0.15, -0.1) is 0 Å². The molecule has 2 aromatic carbocycles. The zero-order valence-electron chi connectivity index (χ0n) is 21.1. The molecule has 0 saturated heterocycles. The van der Waals surface area contributed by atoms with Gasteiger partial charge in [-0.05, 0) is 49.7 Å². The SMILES string of the molecule is CCCCNc1ccc(C(=O)OCCOCCOCCOCCOS(=O)(=O)c2ccc(C)cc2)cc1. The number of unbranched alkanes of at least 4 members (excludes halogenated alkanes) is 1. The van der Waals surface area contributed by atoms with E-state index in [1.165, 1.54) is 12.1 Å². The molecule has 0 aromatic heterocycles. The maximum atomic E-state index is 12.1. The van der Waals surface area contributed by atoms with Gasteiger partial charge in [0.15, 0.2) is 0 Å². The molecule has 0 atom stereocenters. The largest absolute Gasteiger partial charge is 0.460 e. The van der Waals surface area contributed by atoms with Crippen molar-refractivity contribution >= 4 is 21.8 Å². The number of carbonyl (C=O) groups excluding carboxylic acids is 1. The summed E-state index contributed by atoms with van der Waals surface area (Å²) in [4.78, 5) is 12.2. The Morgan fingerprint density at radius 2 is 1.33 bits per heavy atom. The fraction of sp³-hybridized carbons (Fsp3) is 0.500. The molecule has 1 N–H and O–H groups in total. The van der Waals surface area contributed by atoms with E-state index < -0.39 is 10.1 Å². The Hall–Kier alpha value is -2.50. The van der Waals surface area contributed by atoms with Crippen molar-refractivity contribution in [3.8, 4) is 0 Å². The number of benzene rings is 2. The van der Waals surface area contributed by atoms with Crippen LogP contribution in [0.1, 0.15) is 35.7 Å². The van der Waals surface area contributed by atoms with E-state index in [0.717, 1.165) is 30.6 Å². The lowest BCUT2D eigenvalue weighted by atomic mass is 10.2. The Morgan fingerprint density at radius 1 is 0.778 bits per heavy atom. The first kappa shape index (κ1) is 29.7. The summed E-state index contributed by atoms with van der Waals surface area (Å²) in [7, 11) is -3.78. The van der Waals surface area contributed by atoms with Crippen LogP contribution in [0.4, 0.5) is 5.69 Å². The predicted octanol–water partition coefficient (Wildman–Crippen LogP) is 3.82. The highest BCUT2D eigenvalue weighted by Crippen LogP contribution is 2.13. The Bertz CT molecular complexity index is 978. The van der Waals surface area contributed by atoms with Gasteiger partial charge >= 0.3 is 5.97 Å². The van der Waals surface area contributed by atoms with Crippen molar-refractivity contribution in [3.05, 3.63) is 59.7 Å². The van der Waals surface area contributed by atoms with E-state index in [2.05, 4.69) is 12.2 Å². The first-order valence-corrected chi connectivity index (χ1v) is 13.5. The third-order valence-electron chi connectivity index (χ3n) is 4.96. The number of esters is 1. The average Bonchev–Trinajstić information content (AvgIpc) is 2.87. The molecular weight excluding hydrogens is 486 g/mol. The van der Waals surface area contributed by atoms with Crippen LogP contribution in [0.15, 0.2) is 53.4 Å². The third-order valence-corrected chi connectivity index (χ3v) is 6.29. The van der Waals surface area contributed by atoms with Gasteiger partial charge in [-0.3, -0.25) is 4.18 Å². The summed E-state index contributed by atoms with van der Waals surface area (Å²) in [5.41, 5.74) is 2.45. The van der Waals surface area contributed by atoms with E-state index >= 15 is 0 Å². The van der Waals surface area contributed by atoms with E-state index in [1.54, 1.807) is 24.3 Å². The number of rotatable bonds is 19. The smallest absolute Gasteiger partial charge is 0.338 e. The number of nitrogens with one attached hydrogen (secondary N) is 1. The van der Waals surface area contributed by atoms with Gasteiger partial charge in [-0.1, -0.05) is 31.0 Å². The van der Waals surface area contributed by atoms with Crippen molar-refractivity contribution < 1.29 is 36.3 Å². The highest BCUT2D eigenvalue weighted by Gasteiger charge is 2.14. The summed E-state index contributed by atoms with van der Waals surface area (Å²) < 4.78 is 50.3. The van der Waals surface area contributed by atoms with Gasteiger partial charge in [0.1, 0.15) is 6.61 Å². The lowest BCUT2D eigenvalue weighted by molar-refractivity contribution is -0.00201. The summed E-state index contributed by atoms with van der Waals surface area (Å²) >= 11 is 0. The van der Waals surface area contributed by atoms with Crippen LogP contribution in [-0.4, -0.2) is 73.8 Å². The van der Waals surface area contributed by atoms with Gasteiger partial charge in [-0.25, -0.2) is 4.79 Å². The maximum absolute atomic E-state index is 12.1. The molecule has 0 saturated carbocycles. The molecule has 10 heteroatoms. The molecule has 0 heterocycles. The minimum Gasteiger partial charge on any atom is -0.460 e. The summed E-state index contributed by atoms with van der Waals surface area (Å²) in [6.45, 7) is 6.78. The van der Waals surface area contributed by atoms with E-state index in [9.17, 15) is 13.2 Å². The molecular formula is C26H37NO8S. The molecule has 2 rings (SSSR count). The maximum Gasteiger partial charge on any atom is 0.338 e. The molecule has 36 heavy (non-hydrogen) atoms. The molecule has 0 amide bonds. The van der Waals surface area contributed by atoms with Crippen LogP contribution in [0.3, 0.4) is 0 Å². The fourth-order valence-electron chi connectivity index (χ4n) is 2.93. The molecule has 0 radical (unpaired) electrons. The Morgan fingerprint density at radius 3 is 1.92 bits per heavy atom. The highest BCUT2D eigenvalue weighted by molar-refractivity contribution is 7.86. The number of hydrogen-bond acceptors (Lipinski definition) is 9. The summed E-state index contributed by atoms with van der Waals surface area (Å²) in [6, 6.07) is 13.7. The summed E-state index contributed by atoms with van der Waals surface area (Å²) in [5.74, 6) is -0.386. The second kappa shape index (κ2) is 17.0. The van der Waals surface area contributed by atoms with E-state index in [-0.39, 0.29) is 37.3 Å². The van der Waals surface area contributed by atoms with Gasteiger partial charge in [0, 0.05) is 12.2 Å². The average molecular weight is 524 g/mol. The molecule has 9 nitrogen and oxygen atoms in total. The number of ether oxygens (including phenoxy) is 4. The van der Waals surface area contributed by atoms with Crippen molar-refractivity contribution in [2.24, 2.45) is 0 Å². The van der Waals surface area contributed by atoms with Gasteiger partial charge in [0.2, 0.25) is 0 Å². The van der Waals surface area contributed by atoms with E-state index in [4.69, 9.17) is 23.1 Å². The van der Waals surface area contributed by atoms with Crippen LogP contribution in [-0.2, 0) is 33.2 Å². The second-order valence-electron chi connectivity index (χ2n) is 7.92. The summed E-state index contributed by atoms with van der Waals surface area (Å²) in [5, 5.41) is 3.30. The molecule has 200 valence electrons. The third kappa shape index (κ3) is 12.0. The highest BCUT2D eigenvalue weighted by atomic mass is 32.2. The van der Waals surface area contributed by atoms with Crippen LogP contribution >= 0.6 is 0 Å². The zero-order valence-corrected chi connectivity index (χ0v) is 21.9. The van der Waals surface area contributed by atoms with Gasteiger partial charge in [-0.2, -0.15) is 8.42 Å². The Labute approximate surface area is 214 Å². The minimum atomic E-state index is -3.78. The van der Waals surface area contributed by atoms with Crippen molar-refractivity contribution in [2.45, 2.75) is 31.6 Å². The quantitative estimate of drug-likeness (QED) is 0.167. The molecule has 0 aliphatic carbocycles. The molecule has 0 fully saturated rings. The predicted molar refractivity (Wildman–Crippen MR) is 137 cm³/mol. The number of aryl methyl sites for hydroxylation is 1. The van der Waals surface area contributed by atoms with Crippen LogP contribution in [0.25, 0.3) is 0 Å². The lowest BCUT2D eigenvalue weighted by Crippen LogP contribution is -2.15. The minimum absolute atomic E-state index is 0.0714. The van der Waals surface area contributed by atoms with Crippen molar-refractivity contribution in [2.75, 3.05) is 64.7 Å². The zero-order chi connectivity index (χ0) is 26.1. The lowest BCUT2D eigenvalue weighted by Gasteiger charge is -2.09. The van der Waals surface area contributed by atoms with Crippen LogP contribution in [0, 0.1) is 6.92 Å². The van der Waals surface area contributed by atoms with E-state index in [0.29, 0.717) is 32.0 Å². The van der Waals surface area contributed by atoms with Gasteiger partial charge < -0.3 is 24.3 Å². The molecule has 0 spiro atoms. The molecule has 0 aliphatic heterocycles. The van der Waals surface area contributed by atoms with Crippen LogP contribution in [0.2, 0.25) is 0 Å². The Kier molecular flexibility index (Phi) is 14.1. The molecule has 0 unspecified atom stereocenters. The summed E-state index contributed by atoms with van der Waals surface area (Å²) in [6.07, 6.45) is 2.23. The van der Waals surface area contributed by atoms with Gasteiger partial charge in [0.05, 0.1) is 56.7 Å². The number of anilines is 1. The molecule has 0 aliphatic rings. The number of hydrogen-bond donors (Lipinski definition) is 1. The number of carbonyl (C=O) groups is 1. The Balaban J connectivity index is 1.41. The van der Waals surface area contributed by atoms with Crippen molar-refractivity contribution in [1.82, 2.24) is 0 Å². The van der Waals surface area contributed by atoms with Gasteiger partial charge in [0.25, 0.3) is 10.1 Å². The monoisotopic (exact) mass is 523 g/mol. The topological polar surface area (TPSA) is 109 Å². The molecule has 2 aromatic rings. The molecule has 0 bridgehead atoms. The van der Waals surface area contributed by atoms with Crippen molar-refractivity contribution in [1.29, 1.82) is 0 Å². The fourth-order valence-corrected chi connectivity index (χ4v) is 3.82. The van der Waals surface area contributed by atoms with E-state index in [1.807, 2.05) is 19.1 Å².